The number of nitrogens with one attached hydrogen (secondary N) is 1. The molecule has 4 heteroatoms. The Morgan fingerprint density at radius 3 is 2.50 bits per heavy atom. The van der Waals surface area contributed by atoms with Gasteiger partial charge >= 0.3 is 0 Å². The van der Waals surface area contributed by atoms with Crippen LogP contribution in [0.5, 0.6) is 11.5 Å². The molecule has 0 aliphatic carbocycles. The predicted octanol–water partition coefficient (Wildman–Crippen LogP) is 3.64. The Morgan fingerprint density at radius 1 is 1.08 bits per heavy atom. The number of ether oxygens (including phenoxy) is 3. The monoisotopic (exact) mass is 327 g/mol. The van der Waals surface area contributed by atoms with E-state index >= 15 is 0 Å². The molecular formula is C20H25NO3. The van der Waals surface area contributed by atoms with Crippen molar-refractivity contribution in [1.82, 2.24) is 5.32 Å². The minimum Gasteiger partial charge on any atom is -0.493 e. The Balaban J connectivity index is 1.89. The van der Waals surface area contributed by atoms with Crippen molar-refractivity contribution in [2.75, 3.05) is 27.4 Å². The second-order valence-corrected chi connectivity index (χ2v) is 6.03. The van der Waals surface area contributed by atoms with E-state index in [1.54, 1.807) is 14.2 Å². The van der Waals surface area contributed by atoms with Gasteiger partial charge in [-0.05, 0) is 41.7 Å². The van der Waals surface area contributed by atoms with Crippen LogP contribution in [-0.4, -0.2) is 33.5 Å². The molecule has 0 radical (unpaired) electrons. The van der Waals surface area contributed by atoms with E-state index in [1.807, 2.05) is 6.07 Å². The maximum atomic E-state index is 5.56. The second-order valence-electron chi connectivity index (χ2n) is 6.03. The van der Waals surface area contributed by atoms with Crippen molar-refractivity contribution >= 4 is 0 Å². The molecule has 2 aromatic carbocycles. The fraction of sp³-hybridized carbons (Fsp3) is 0.400. The lowest BCUT2D eigenvalue weighted by atomic mass is 9.98. The third-order valence-electron chi connectivity index (χ3n) is 4.44. The van der Waals surface area contributed by atoms with Gasteiger partial charge in [-0.15, -0.1) is 0 Å². The first-order valence-electron chi connectivity index (χ1n) is 8.43. The quantitative estimate of drug-likeness (QED) is 0.879. The average Bonchev–Trinajstić information content (AvgIpc) is 2.67. The number of hydrogen-bond donors (Lipinski definition) is 1. The van der Waals surface area contributed by atoms with E-state index in [9.17, 15) is 0 Å². The van der Waals surface area contributed by atoms with Crippen molar-refractivity contribution < 1.29 is 14.2 Å². The first kappa shape index (κ1) is 16.8. The standard InChI is InChI=1S/C20H25NO3/c1-22-19-11-16(13-21-17-9-6-10-24-14-17)18(12-20(19)23-2)15-7-4-3-5-8-15/h3-5,7-8,11-12,17,21H,6,9-10,13-14H2,1-2H3. The van der Waals surface area contributed by atoms with Crippen LogP contribution in [0, 0.1) is 0 Å². The molecule has 1 heterocycles. The average molecular weight is 327 g/mol. The van der Waals surface area contributed by atoms with Gasteiger partial charge in [0, 0.05) is 19.2 Å². The molecule has 0 amide bonds. The maximum absolute atomic E-state index is 5.56. The van der Waals surface area contributed by atoms with Gasteiger partial charge in [0.15, 0.2) is 11.5 Å². The predicted molar refractivity (Wildman–Crippen MR) is 95.7 cm³/mol. The molecule has 2 aromatic rings. The molecule has 1 saturated heterocycles. The van der Waals surface area contributed by atoms with Crippen LogP contribution in [0.25, 0.3) is 11.1 Å². The summed E-state index contributed by atoms with van der Waals surface area (Å²) in [6.45, 7) is 2.44. The fourth-order valence-corrected chi connectivity index (χ4v) is 3.11. The van der Waals surface area contributed by atoms with Gasteiger partial charge in [-0.3, -0.25) is 0 Å². The van der Waals surface area contributed by atoms with E-state index in [1.165, 1.54) is 11.1 Å². The molecule has 1 unspecified atom stereocenters. The third-order valence-corrected chi connectivity index (χ3v) is 4.44. The van der Waals surface area contributed by atoms with Crippen LogP contribution >= 0.6 is 0 Å². The Hall–Kier alpha value is -2.04. The van der Waals surface area contributed by atoms with Crippen molar-refractivity contribution in [3.05, 3.63) is 48.0 Å². The highest BCUT2D eigenvalue weighted by Gasteiger charge is 2.16. The van der Waals surface area contributed by atoms with Gasteiger partial charge in [0.25, 0.3) is 0 Å². The van der Waals surface area contributed by atoms with Crippen molar-refractivity contribution in [1.29, 1.82) is 0 Å². The zero-order chi connectivity index (χ0) is 16.8. The summed E-state index contributed by atoms with van der Waals surface area (Å²) in [5.41, 5.74) is 3.54. The molecule has 1 fully saturated rings. The summed E-state index contributed by atoms with van der Waals surface area (Å²) >= 11 is 0. The minimum absolute atomic E-state index is 0.412. The summed E-state index contributed by atoms with van der Waals surface area (Å²) in [5, 5.41) is 3.62. The molecule has 0 bridgehead atoms. The molecule has 1 aliphatic heterocycles. The zero-order valence-electron chi connectivity index (χ0n) is 14.4. The lowest BCUT2D eigenvalue weighted by Crippen LogP contribution is -2.36. The minimum atomic E-state index is 0.412. The first-order valence-corrected chi connectivity index (χ1v) is 8.43. The lowest BCUT2D eigenvalue weighted by Gasteiger charge is -2.24. The lowest BCUT2D eigenvalue weighted by molar-refractivity contribution is 0.0699. The van der Waals surface area contributed by atoms with Crippen molar-refractivity contribution in [3.8, 4) is 22.6 Å². The summed E-state index contributed by atoms with van der Waals surface area (Å²) in [6, 6.07) is 14.9. The fourth-order valence-electron chi connectivity index (χ4n) is 3.11. The van der Waals surface area contributed by atoms with Gasteiger partial charge in [0.2, 0.25) is 0 Å². The van der Waals surface area contributed by atoms with Crippen LogP contribution in [0.2, 0.25) is 0 Å². The molecule has 24 heavy (non-hydrogen) atoms. The topological polar surface area (TPSA) is 39.7 Å². The highest BCUT2D eigenvalue weighted by molar-refractivity contribution is 5.71. The number of benzene rings is 2. The Morgan fingerprint density at radius 2 is 1.83 bits per heavy atom. The summed E-state index contributed by atoms with van der Waals surface area (Å²) < 4.78 is 16.5. The smallest absolute Gasteiger partial charge is 0.161 e. The molecule has 1 atom stereocenters. The highest BCUT2D eigenvalue weighted by atomic mass is 16.5. The largest absolute Gasteiger partial charge is 0.493 e. The van der Waals surface area contributed by atoms with Crippen molar-refractivity contribution in [2.45, 2.75) is 25.4 Å². The Kier molecular flexibility index (Phi) is 5.72. The molecule has 1 aliphatic rings. The molecule has 1 N–H and O–H groups in total. The van der Waals surface area contributed by atoms with Gasteiger partial charge in [0.05, 0.1) is 20.8 Å². The zero-order valence-corrected chi connectivity index (χ0v) is 14.4. The summed E-state index contributed by atoms with van der Waals surface area (Å²) in [7, 11) is 3.34. The normalized spacial score (nSPS) is 17.5. The van der Waals surface area contributed by atoms with Crippen LogP contribution in [0.4, 0.5) is 0 Å². The summed E-state index contributed by atoms with van der Waals surface area (Å²) in [4.78, 5) is 0. The van der Waals surface area contributed by atoms with E-state index in [0.717, 1.165) is 49.7 Å². The van der Waals surface area contributed by atoms with Crippen LogP contribution in [0.1, 0.15) is 18.4 Å². The Bertz CT molecular complexity index is 651. The first-order chi connectivity index (χ1) is 11.8. The van der Waals surface area contributed by atoms with Crippen molar-refractivity contribution in [2.24, 2.45) is 0 Å². The van der Waals surface area contributed by atoms with E-state index in [-0.39, 0.29) is 0 Å². The van der Waals surface area contributed by atoms with Crippen molar-refractivity contribution in [3.63, 3.8) is 0 Å². The number of rotatable bonds is 6. The molecule has 3 rings (SSSR count). The highest BCUT2D eigenvalue weighted by Crippen LogP contribution is 2.35. The third kappa shape index (κ3) is 3.89. The van der Waals surface area contributed by atoms with Crippen LogP contribution in [0.15, 0.2) is 42.5 Å². The SMILES string of the molecule is COc1cc(CNC2CCCOC2)c(-c2ccccc2)cc1OC. The Labute approximate surface area is 143 Å². The summed E-state index contributed by atoms with van der Waals surface area (Å²) in [5.74, 6) is 1.51. The van der Waals surface area contributed by atoms with Gasteiger partial charge in [-0.2, -0.15) is 0 Å². The van der Waals surface area contributed by atoms with E-state index in [2.05, 4.69) is 41.7 Å². The van der Waals surface area contributed by atoms with E-state index < -0.39 is 0 Å². The second kappa shape index (κ2) is 8.18. The molecule has 0 saturated carbocycles. The molecular weight excluding hydrogens is 302 g/mol. The molecule has 0 aromatic heterocycles. The van der Waals surface area contributed by atoms with Gasteiger partial charge in [0.1, 0.15) is 0 Å². The van der Waals surface area contributed by atoms with Gasteiger partial charge in [-0.25, -0.2) is 0 Å². The van der Waals surface area contributed by atoms with Crippen LogP contribution in [-0.2, 0) is 11.3 Å². The number of hydrogen-bond acceptors (Lipinski definition) is 4. The maximum Gasteiger partial charge on any atom is 0.161 e. The van der Waals surface area contributed by atoms with Crippen LogP contribution < -0.4 is 14.8 Å². The van der Waals surface area contributed by atoms with Gasteiger partial charge in [-0.1, -0.05) is 30.3 Å². The van der Waals surface area contributed by atoms with Crippen LogP contribution in [0.3, 0.4) is 0 Å². The summed E-state index contributed by atoms with van der Waals surface area (Å²) in [6.07, 6.45) is 2.28. The van der Waals surface area contributed by atoms with E-state index in [4.69, 9.17) is 14.2 Å². The molecule has 128 valence electrons. The number of methoxy groups -OCH3 is 2. The molecule has 0 spiro atoms. The van der Waals surface area contributed by atoms with Gasteiger partial charge < -0.3 is 19.5 Å². The molecule has 4 nitrogen and oxygen atoms in total. The van der Waals surface area contributed by atoms with E-state index in [0.29, 0.717) is 6.04 Å².